The van der Waals surface area contributed by atoms with E-state index in [0.717, 1.165) is 48.1 Å². The maximum atomic E-state index is 12.9. The van der Waals surface area contributed by atoms with Crippen molar-refractivity contribution in [2.75, 3.05) is 39.0 Å². The van der Waals surface area contributed by atoms with Crippen LogP contribution in [0.5, 0.6) is 0 Å². The Kier molecular flexibility index (Phi) is 6.49. The number of hydrogen-bond donors (Lipinski definition) is 1. The number of likely N-dealkylation sites (N-methyl/N-ethyl adjacent to an activating group) is 1. The second-order valence-corrected chi connectivity index (χ2v) is 10.5. The minimum Gasteiger partial charge on any atom is -0.397 e. The lowest BCUT2D eigenvalue weighted by atomic mass is 9.89. The molecule has 2 fully saturated rings. The number of hydrogen-bond acceptors (Lipinski definition) is 6. The van der Waals surface area contributed by atoms with Gasteiger partial charge >= 0.3 is 0 Å². The zero-order chi connectivity index (χ0) is 25.4. The number of carbonyl (C=O) groups is 1. The van der Waals surface area contributed by atoms with Crippen molar-refractivity contribution in [3.8, 4) is 11.3 Å². The quantitative estimate of drug-likeness (QED) is 0.407. The highest BCUT2D eigenvalue weighted by molar-refractivity contribution is 6.09. The molecular weight excluding hydrogens is 460 g/mol. The summed E-state index contributed by atoms with van der Waals surface area (Å²) in [6.45, 7) is 4.66. The van der Waals surface area contributed by atoms with Gasteiger partial charge in [0, 0.05) is 48.9 Å². The summed E-state index contributed by atoms with van der Waals surface area (Å²) in [5, 5.41) is 6.06. The molecule has 1 saturated heterocycles. The summed E-state index contributed by atoms with van der Waals surface area (Å²) in [6.07, 6.45) is 8.19. The molecule has 6 rings (SSSR count). The lowest BCUT2D eigenvalue weighted by Crippen LogP contribution is -2.49. The maximum absolute atomic E-state index is 12.9. The maximum Gasteiger partial charge on any atom is 0.193 e. The van der Waals surface area contributed by atoms with Crippen molar-refractivity contribution in [3.05, 3.63) is 78.1 Å². The Labute approximate surface area is 217 Å². The fraction of sp³-hybridized carbons (Fsp3) is 0.367. The van der Waals surface area contributed by atoms with Gasteiger partial charge in [-0.25, -0.2) is 0 Å². The summed E-state index contributed by atoms with van der Waals surface area (Å²) in [6, 6.07) is 18.1. The second-order valence-electron chi connectivity index (χ2n) is 10.5. The van der Waals surface area contributed by atoms with Crippen LogP contribution in [-0.4, -0.2) is 69.6 Å². The third kappa shape index (κ3) is 4.65. The molecule has 4 aromatic rings. The minimum atomic E-state index is 0.0170. The van der Waals surface area contributed by atoms with E-state index in [2.05, 4.69) is 26.5 Å². The molecule has 2 aliphatic rings. The van der Waals surface area contributed by atoms with Gasteiger partial charge in [-0.3, -0.25) is 19.4 Å². The average molecular weight is 495 g/mol. The van der Waals surface area contributed by atoms with E-state index in [4.69, 9.17) is 10.8 Å². The number of pyridine rings is 1. The molecule has 0 radical (unpaired) electrons. The molecule has 1 aliphatic carbocycles. The van der Waals surface area contributed by atoms with Gasteiger partial charge in [0.25, 0.3) is 0 Å². The van der Waals surface area contributed by atoms with Gasteiger partial charge in [0.2, 0.25) is 0 Å². The van der Waals surface area contributed by atoms with Crippen LogP contribution in [0.25, 0.3) is 22.2 Å². The molecule has 7 heteroatoms. The van der Waals surface area contributed by atoms with Crippen molar-refractivity contribution >= 4 is 22.4 Å². The molecule has 0 spiro atoms. The number of carbonyl (C=O) groups excluding carboxylic acids is 1. The van der Waals surface area contributed by atoms with Crippen LogP contribution in [0, 0.1) is 0 Å². The van der Waals surface area contributed by atoms with Crippen molar-refractivity contribution in [3.63, 3.8) is 0 Å². The molecule has 1 aliphatic heterocycles. The van der Waals surface area contributed by atoms with Crippen LogP contribution in [0.3, 0.4) is 0 Å². The Morgan fingerprint density at radius 3 is 2.19 bits per heavy atom. The molecule has 1 saturated carbocycles. The number of rotatable bonds is 5. The number of nitrogen functional groups attached to an aromatic ring is 1. The smallest absolute Gasteiger partial charge is 0.193 e. The first-order valence-corrected chi connectivity index (χ1v) is 13.3. The first kappa shape index (κ1) is 23.8. The summed E-state index contributed by atoms with van der Waals surface area (Å²) >= 11 is 0. The number of piperazine rings is 1. The van der Waals surface area contributed by atoms with Crippen molar-refractivity contribution < 1.29 is 4.79 Å². The fourth-order valence-corrected chi connectivity index (χ4v) is 5.98. The van der Waals surface area contributed by atoms with Gasteiger partial charge in [0.05, 0.1) is 35.0 Å². The van der Waals surface area contributed by atoms with Crippen LogP contribution in [-0.2, 0) is 0 Å². The third-order valence-corrected chi connectivity index (χ3v) is 8.17. The Balaban J connectivity index is 1.26. The SMILES string of the molecule is CN1CCN(C2CCC(n3nc(-c4ccc(C(=O)c5ccccc5)cc4)c4c(N)cncc43)CC2)CC1. The van der Waals surface area contributed by atoms with Crippen LogP contribution in [0.1, 0.15) is 47.6 Å². The molecule has 2 aromatic heterocycles. The van der Waals surface area contributed by atoms with Crippen LogP contribution in [0.4, 0.5) is 5.69 Å². The predicted molar refractivity (Wildman–Crippen MR) is 148 cm³/mol. The number of nitrogens with two attached hydrogens (primary N) is 1. The molecule has 190 valence electrons. The van der Waals surface area contributed by atoms with Crippen LogP contribution >= 0.6 is 0 Å². The summed E-state index contributed by atoms with van der Waals surface area (Å²) in [4.78, 5) is 22.4. The standard InChI is InChI=1S/C30H34N6O/c1-34-15-17-35(18-16-34)24-11-13-25(14-12-24)36-27-20-32-19-26(31)28(27)29(33-36)21-7-9-23(10-8-21)30(37)22-5-3-2-4-6-22/h2-10,19-20,24-25H,11-18,31H2,1H3. The van der Waals surface area contributed by atoms with Gasteiger partial charge < -0.3 is 10.6 Å². The molecule has 0 unspecified atom stereocenters. The Morgan fingerprint density at radius 2 is 1.49 bits per heavy atom. The number of ketones is 1. The first-order chi connectivity index (χ1) is 18.1. The van der Waals surface area contributed by atoms with Gasteiger partial charge in [-0.2, -0.15) is 5.10 Å². The number of nitrogens with zero attached hydrogens (tertiary/aromatic N) is 5. The van der Waals surface area contributed by atoms with Gasteiger partial charge in [-0.1, -0.05) is 54.6 Å². The van der Waals surface area contributed by atoms with E-state index in [1.807, 2.05) is 60.8 Å². The topological polar surface area (TPSA) is 80.3 Å². The van der Waals surface area contributed by atoms with Crippen LogP contribution < -0.4 is 5.73 Å². The lowest BCUT2D eigenvalue weighted by Gasteiger charge is -2.41. The normalized spacial score (nSPS) is 21.3. The van der Waals surface area contributed by atoms with Crippen LogP contribution in [0.15, 0.2) is 67.0 Å². The lowest BCUT2D eigenvalue weighted by molar-refractivity contribution is 0.0816. The van der Waals surface area contributed by atoms with Gasteiger partial charge in [0.1, 0.15) is 5.69 Å². The largest absolute Gasteiger partial charge is 0.397 e. The summed E-state index contributed by atoms with van der Waals surface area (Å²) in [7, 11) is 2.21. The second kappa shape index (κ2) is 10.1. The summed E-state index contributed by atoms with van der Waals surface area (Å²) < 4.78 is 2.16. The van der Waals surface area contributed by atoms with E-state index in [0.29, 0.717) is 28.9 Å². The average Bonchev–Trinajstić information content (AvgIpc) is 3.35. The monoisotopic (exact) mass is 494 g/mol. The van der Waals surface area contributed by atoms with Crippen molar-refractivity contribution in [1.29, 1.82) is 0 Å². The number of aromatic nitrogens is 3. The summed E-state index contributed by atoms with van der Waals surface area (Å²) in [5.41, 5.74) is 11.2. The minimum absolute atomic E-state index is 0.0170. The Morgan fingerprint density at radius 1 is 0.838 bits per heavy atom. The van der Waals surface area contributed by atoms with E-state index in [9.17, 15) is 4.79 Å². The Hall–Kier alpha value is -3.55. The van der Waals surface area contributed by atoms with Crippen molar-refractivity contribution in [1.82, 2.24) is 24.6 Å². The first-order valence-electron chi connectivity index (χ1n) is 13.3. The highest BCUT2D eigenvalue weighted by Gasteiger charge is 2.30. The van der Waals surface area contributed by atoms with Crippen molar-refractivity contribution in [2.45, 2.75) is 37.8 Å². The zero-order valence-electron chi connectivity index (χ0n) is 21.4. The molecule has 2 N–H and O–H groups in total. The number of fused-ring (bicyclic) bond motifs is 1. The molecule has 0 atom stereocenters. The molecule has 7 nitrogen and oxygen atoms in total. The molecule has 0 bridgehead atoms. The molecule has 3 heterocycles. The highest BCUT2D eigenvalue weighted by Crippen LogP contribution is 2.38. The molecule has 37 heavy (non-hydrogen) atoms. The van der Waals surface area contributed by atoms with Gasteiger partial charge in [-0.15, -0.1) is 0 Å². The number of anilines is 1. The highest BCUT2D eigenvalue weighted by atomic mass is 16.1. The Bertz CT molecular complexity index is 1380. The van der Waals surface area contributed by atoms with Gasteiger partial charge in [-0.05, 0) is 32.7 Å². The van der Waals surface area contributed by atoms with Gasteiger partial charge in [0.15, 0.2) is 5.78 Å². The van der Waals surface area contributed by atoms with E-state index >= 15 is 0 Å². The van der Waals surface area contributed by atoms with Crippen molar-refractivity contribution in [2.24, 2.45) is 0 Å². The molecule has 2 aromatic carbocycles. The predicted octanol–water partition coefficient (Wildman–Crippen LogP) is 4.64. The zero-order valence-corrected chi connectivity index (χ0v) is 21.4. The van der Waals surface area contributed by atoms with E-state index < -0.39 is 0 Å². The number of benzene rings is 2. The third-order valence-electron chi connectivity index (χ3n) is 8.17. The van der Waals surface area contributed by atoms with E-state index in [1.165, 1.54) is 25.9 Å². The molecular formula is C30H34N6O. The fourth-order valence-electron chi connectivity index (χ4n) is 5.98. The molecule has 0 amide bonds. The van der Waals surface area contributed by atoms with E-state index in [1.54, 1.807) is 6.20 Å². The summed E-state index contributed by atoms with van der Waals surface area (Å²) in [5.74, 6) is 0.0170. The van der Waals surface area contributed by atoms with E-state index in [-0.39, 0.29) is 5.78 Å². The van der Waals surface area contributed by atoms with Crippen LogP contribution in [0.2, 0.25) is 0 Å².